The Labute approximate surface area is 144 Å². The van der Waals surface area contributed by atoms with Gasteiger partial charge in [0.2, 0.25) is 5.91 Å². The van der Waals surface area contributed by atoms with Gasteiger partial charge in [-0.2, -0.15) is 0 Å². The van der Waals surface area contributed by atoms with Gasteiger partial charge < -0.3 is 19.1 Å². The molecule has 0 aliphatic heterocycles. The van der Waals surface area contributed by atoms with Crippen LogP contribution in [-0.4, -0.2) is 80.9 Å². The van der Waals surface area contributed by atoms with E-state index in [9.17, 15) is 14.4 Å². The minimum absolute atomic E-state index is 0.106. The molecule has 0 saturated heterocycles. The quantitative estimate of drug-likeness (QED) is 0.460. The topological polar surface area (TPSA) is 85.4 Å². The van der Waals surface area contributed by atoms with Gasteiger partial charge in [-0.3, -0.25) is 9.69 Å². The standard InChI is InChI=1S/C16H30N2O6/c1-11(2)10-24-15(20)13(4)17(5)14(19)12(3)18(6)16(21)23-9-8-22-7/h11-13H,8-10H2,1-7H3. The predicted molar refractivity (Wildman–Crippen MR) is 88.5 cm³/mol. The van der Waals surface area contributed by atoms with Crippen molar-refractivity contribution in [2.24, 2.45) is 5.92 Å². The van der Waals surface area contributed by atoms with Crippen molar-refractivity contribution in [2.45, 2.75) is 39.8 Å². The molecule has 0 saturated carbocycles. The molecule has 0 radical (unpaired) electrons. The molecule has 0 aliphatic carbocycles. The second-order valence-electron chi connectivity index (χ2n) is 6.04. The second-order valence-corrected chi connectivity index (χ2v) is 6.04. The van der Waals surface area contributed by atoms with E-state index in [-0.39, 0.29) is 25.0 Å². The van der Waals surface area contributed by atoms with Crippen LogP contribution in [0.3, 0.4) is 0 Å². The van der Waals surface area contributed by atoms with Gasteiger partial charge in [-0.05, 0) is 19.8 Å². The number of methoxy groups -OCH3 is 1. The maximum atomic E-state index is 12.4. The van der Waals surface area contributed by atoms with Gasteiger partial charge in [0, 0.05) is 21.2 Å². The SMILES string of the molecule is COCCOC(=O)N(C)C(C)C(=O)N(C)C(C)C(=O)OCC(C)C. The molecule has 24 heavy (non-hydrogen) atoms. The van der Waals surface area contributed by atoms with Gasteiger partial charge in [-0.25, -0.2) is 9.59 Å². The number of carbonyl (C=O) groups excluding carboxylic acids is 3. The predicted octanol–water partition coefficient (Wildman–Crippen LogP) is 1.14. The van der Waals surface area contributed by atoms with Gasteiger partial charge in [-0.15, -0.1) is 0 Å². The van der Waals surface area contributed by atoms with E-state index in [2.05, 4.69) is 0 Å². The number of hydrogen-bond acceptors (Lipinski definition) is 6. The highest BCUT2D eigenvalue weighted by molar-refractivity contribution is 5.89. The molecule has 0 aliphatic rings. The smallest absolute Gasteiger partial charge is 0.410 e. The first-order valence-electron chi connectivity index (χ1n) is 7.95. The van der Waals surface area contributed by atoms with Crippen LogP contribution >= 0.6 is 0 Å². The van der Waals surface area contributed by atoms with E-state index in [1.807, 2.05) is 13.8 Å². The third-order valence-electron chi connectivity index (χ3n) is 3.57. The van der Waals surface area contributed by atoms with E-state index in [4.69, 9.17) is 14.2 Å². The zero-order chi connectivity index (χ0) is 18.9. The van der Waals surface area contributed by atoms with Crippen molar-refractivity contribution in [3.63, 3.8) is 0 Å². The summed E-state index contributed by atoms with van der Waals surface area (Å²) in [5, 5.41) is 0. The molecule has 2 amide bonds. The van der Waals surface area contributed by atoms with Crippen molar-refractivity contribution >= 4 is 18.0 Å². The van der Waals surface area contributed by atoms with Gasteiger partial charge in [0.05, 0.1) is 13.2 Å². The average molecular weight is 346 g/mol. The van der Waals surface area contributed by atoms with Crippen LogP contribution in [0, 0.1) is 5.92 Å². The molecule has 140 valence electrons. The van der Waals surface area contributed by atoms with Crippen LogP contribution < -0.4 is 0 Å². The Morgan fingerprint density at radius 2 is 1.46 bits per heavy atom. The minimum Gasteiger partial charge on any atom is -0.464 e. The summed E-state index contributed by atoms with van der Waals surface area (Å²) in [7, 11) is 4.47. The highest BCUT2D eigenvalue weighted by atomic mass is 16.6. The first kappa shape index (κ1) is 22.2. The van der Waals surface area contributed by atoms with E-state index in [0.717, 1.165) is 0 Å². The maximum absolute atomic E-state index is 12.4. The van der Waals surface area contributed by atoms with Crippen molar-refractivity contribution in [1.82, 2.24) is 9.80 Å². The molecular weight excluding hydrogens is 316 g/mol. The zero-order valence-corrected chi connectivity index (χ0v) is 15.7. The summed E-state index contributed by atoms with van der Waals surface area (Å²) >= 11 is 0. The molecular formula is C16H30N2O6. The molecule has 0 fully saturated rings. The van der Waals surface area contributed by atoms with Gasteiger partial charge in [0.1, 0.15) is 18.7 Å². The second kappa shape index (κ2) is 10.9. The summed E-state index contributed by atoms with van der Waals surface area (Å²) in [6, 6.07) is -1.51. The fraction of sp³-hybridized carbons (Fsp3) is 0.812. The molecule has 0 aromatic heterocycles. The number of amides is 2. The fourth-order valence-corrected chi connectivity index (χ4v) is 1.65. The zero-order valence-electron chi connectivity index (χ0n) is 15.7. The number of esters is 1. The highest BCUT2D eigenvalue weighted by Crippen LogP contribution is 2.08. The van der Waals surface area contributed by atoms with Gasteiger partial charge >= 0.3 is 12.1 Å². The number of nitrogens with zero attached hydrogens (tertiary/aromatic N) is 2. The molecule has 0 bridgehead atoms. The van der Waals surface area contributed by atoms with E-state index in [1.54, 1.807) is 13.8 Å². The Bertz CT molecular complexity index is 427. The Morgan fingerprint density at radius 1 is 0.875 bits per heavy atom. The third-order valence-corrected chi connectivity index (χ3v) is 3.57. The Hall–Kier alpha value is -1.83. The minimum atomic E-state index is -0.773. The Morgan fingerprint density at radius 3 is 1.96 bits per heavy atom. The van der Waals surface area contributed by atoms with Crippen LogP contribution in [0.25, 0.3) is 0 Å². The normalized spacial score (nSPS) is 13.2. The molecule has 8 nitrogen and oxygen atoms in total. The summed E-state index contributed by atoms with van der Waals surface area (Å²) in [5.41, 5.74) is 0. The number of rotatable bonds is 9. The van der Waals surface area contributed by atoms with Crippen molar-refractivity contribution < 1.29 is 28.6 Å². The van der Waals surface area contributed by atoms with Gasteiger partial charge in [0.15, 0.2) is 0 Å². The molecule has 8 heteroatoms. The third kappa shape index (κ3) is 7.16. The number of hydrogen-bond donors (Lipinski definition) is 0. The van der Waals surface area contributed by atoms with E-state index >= 15 is 0 Å². The largest absolute Gasteiger partial charge is 0.464 e. The molecule has 2 atom stereocenters. The lowest BCUT2D eigenvalue weighted by molar-refractivity contribution is -0.155. The fourth-order valence-electron chi connectivity index (χ4n) is 1.65. The number of ether oxygens (including phenoxy) is 3. The molecule has 0 heterocycles. The lowest BCUT2D eigenvalue weighted by atomic mass is 10.2. The summed E-state index contributed by atoms with van der Waals surface area (Å²) in [6.45, 7) is 7.70. The number of likely N-dealkylation sites (N-methyl/N-ethyl adjacent to an activating group) is 2. The average Bonchev–Trinajstić information content (AvgIpc) is 2.56. The van der Waals surface area contributed by atoms with Crippen LogP contribution in [0.2, 0.25) is 0 Å². The van der Waals surface area contributed by atoms with Gasteiger partial charge in [0.25, 0.3) is 0 Å². The summed E-state index contributed by atoms with van der Waals surface area (Å²) < 4.78 is 14.9. The maximum Gasteiger partial charge on any atom is 0.410 e. The van der Waals surface area contributed by atoms with E-state index in [1.165, 1.54) is 31.0 Å². The lowest BCUT2D eigenvalue weighted by Gasteiger charge is -2.30. The molecule has 0 N–H and O–H groups in total. The summed E-state index contributed by atoms with van der Waals surface area (Å²) in [4.78, 5) is 38.7. The van der Waals surface area contributed by atoms with Crippen LogP contribution in [0.15, 0.2) is 0 Å². The van der Waals surface area contributed by atoms with Gasteiger partial charge in [-0.1, -0.05) is 13.8 Å². The van der Waals surface area contributed by atoms with Crippen LogP contribution in [0.1, 0.15) is 27.7 Å². The van der Waals surface area contributed by atoms with E-state index < -0.39 is 24.1 Å². The molecule has 0 spiro atoms. The van der Waals surface area contributed by atoms with Crippen molar-refractivity contribution in [3.8, 4) is 0 Å². The molecule has 0 aromatic rings. The number of carbonyl (C=O) groups is 3. The first-order valence-corrected chi connectivity index (χ1v) is 7.95. The van der Waals surface area contributed by atoms with Crippen LogP contribution in [0.4, 0.5) is 4.79 Å². The molecule has 0 aromatic carbocycles. The Balaban J connectivity index is 4.63. The summed E-state index contributed by atoms with van der Waals surface area (Å²) in [6.07, 6.45) is -0.628. The van der Waals surface area contributed by atoms with Crippen LogP contribution in [-0.2, 0) is 23.8 Å². The van der Waals surface area contributed by atoms with Crippen LogP contribution in [0.5, 0.6) is 0 Å². The monoisotopic (exact) mass is 346 g/mol. The van der Waals surface area contributed by atoms with E-state index in [0.29, 0.717) is 6.61 Å². The van der Waals surface area contributed by atoms with Crippen molar-refractivity contribution in [2.75, 3.05) is 41.0 Å². The van der Waals surface area contributed by atoms with Crippen molar-refractivity contribution in [3.05, 3.63) is 0 Å². The Kier molecular flexibility index (Phi) is 10.0. The summed E-state index contributed by atoms with van der Waals surface area (Å²) in [5.74, 6) is -0.638. The highest BCUT2D eigenvalue weighted by Gasteiger charge is 2.31. The molecule has 0 rings (SSSR count). The lowest BCUT2D eigenvalue weighted by Crippen LogP contribution is -2.51. The molecule has 2 unspecified atom stereocenters. The van der Waals surface area contributed by atoms with Crippen molar-refractivity contribution in [1.29, 1.82) is 0 Å². The first-order chi connectivity index (χ1) is 11.1.